The number of nitrogens with one attached hydrogen (secondary N) is 2. The number of hydrogen-bond acceptors (Lipinski definition) is 5. The Kier molecular flexibility index (Phi) is 6.93. The van der Waals surface area contributed by atoms with Crippen molar-refractivity contribution in [2.45, 2.75) is 26.5 Å². The van der Waals surface area contributed by atoms with E-state index in [9.17, 15) is 14.4 Å². The fourth-order valence-corrected chi connectivity index (χ4v) is 2.29. The van der Waals surface area contributed by atoms with Gasteiger partial charge in [-0.2, -0.15) is 0 Å². The van der Waals surface area contributed by atoms with E-state index in [-0.39, 0.29) is 12.1 Å². The zero-order valence-corrected chi connectivity index (χ0v) is 15.4. The molecule has 0 bridgehead atoms. The van der Waals surface area contributed by atoms with Gasteiger partial charge in [-0.25, -0.2) is 9.59 Å². The molecule has 0 unspecified atom stereocenters. The van der Waals surface area contributed by atoms with Gasteiger partial charge in [0.05, 0.1) is 7.11 Å². The highest BCUT2D eigenvalue weighted by Crippen LogP contribution is 2.21. The predicted molar refractivity (Wildman–Crippen MR) is 99.4 cm³/mol. The van der Waals surface area contributed by atoms with E-state index < -0.39 is 24.0 Å². The SMILES string of the molecule is COc1ccc(C)cc1C(=O)O[C@@H](C)C(=O)NC(=O)NCc1ccccc1. The summed E-state index contributed by atoms with van der Waals surface area (Å²) in [5, 5.41) is 4.71. The molecule has 0 heterocycles. The molecule has 0 aliphatic rings. The number of amides is 3. The first-order chi connectivity index (χ1) is 12.9. The van der Waals surface area contributed by atoms with Gasteiger partial charge in [0, 0.05) is 6.54 Å². The number of aryl methyl sites for hydroxylation is 1. The van der Waals surface area contributed by atoms with Crippen molar-refractivity contribution in [3.05, 3.63) is 65.2 Å². The average molecular weight is 370 g/mol. The predicted octanol–water partition coefficient (Wildman–Crippen LogP) is 2.57. The fraction of sp³-hybridized carbons (Fsp3) is 0.250. The lowest BCUT2D eigenvalue weighted by Gasteiger charge is -2.15. The van der Waals surface area contributed by atoms with Crippen LogP contribution in [0.1, 0.15) is 28.4 Å². The summed E-state index contributed by atoms with van der Waals surface area (Å²) in [7, 11) is 1.44. The lowest BCUT2D eigenvalue weighted by atomic mass is 10.1. The van der Waals surface area contributed by atoms with E-state index in [0.29, 0.717) is 5.75 Å². The van der Waals surface area contributed by atoms with Crippen LogP contribution in [0, 0.1) is 6.92 Å². The summed E-state index contributed by atoms with van der Waals surface area (Å²) in [5.41, 5.74) is 1.96. The molecule has 1 atom stereocenters. The zero-order chi connectivity index (χ0) is 19.8. The minimum Gasteiger partial charge on any atom is -0.496 e. The largest absolute Gasteiger partial charge is 0.496 e. The first-order valence-electron chi connectivity index (χ1n) is 8.39. The molecule has 2 aromatic rings. The Hall–Kier alpha value is -3.35. The molecule has 7 nitrogen and oxygen atoms in total. The van der Waals surface area contributed by atoms with Gasteiger partial charge >= 0.3 is 12.0 Å². The summed E-state index contributed by atoms with van der Waals surface area (Å²) in [6, 6.07) is 13.6. The van der Waals surface area contributed by atoms with Crippen molar-refractivity contribution in [3.8, 4) is 5.75 Å². The number of carbonyl (C=O) groups excluding carboxylic acids is 3. The maximum atomic E-state index is 12.3. The summed E-state index contributed by atoms with van der Waals surface area (Å²) in [5.74, 6) is -1.08. The van der Waals surface area contributed by atoms with Crippen LogP contribution in [0.4, 0.5) is 4.79 Å². The number of hydrogen-bond donors (Lipinski definition) is 2. The van der Waals surface area contributed by atoms with Gasteiger partial charge in [-0.15, -0.1) is 0 Å². The van der Waals surface area contributed by atoms with Gasteiger partial charge in [0.2, 0.25) is 0 Å². The highest BCUT2D eigenvalue weighted by Gasteiger charge is 2.22. The molecular weight excluding hydrogens is 348 g/mol. The van der Waals surface area contributed by atoms with Crippen LogP contribution in [-0.2, 0) is 16.1 Å². The van der Waals surface area contributed by atoms with Crippen molar-refractivity contribution in [2.24, 2.45) is 0 Å². The van der Waals surface area contributed by atoms with Crippen LogP contribution < -0.4 is 15.4 Å². The summed E-state index contributed by atoms with van der Waals surface area (Å²) in [4.78, 5) is 36.2. The highest BCUT2D eigenvalue weighted by molar-refractivity contribution is 5.99. The van der Waals surface area contributed by atoms with Crippen molar-refractivity contribution in [2.75, 3.05) is 7.11 Å². The van der Waals surface area contributed by atoms with Gasteiger partial charge in [-0.3, -0.25) is 10.1 Å². The average Bonchev–Trinajstić information content (AvgIpc) is 2.67. The minimum absolute atomic E-state index is 0.214. The normalized spacial score (nSPS) is 11.2. The first-order valence-corrected chi connectivity index (χ1v) is 8.39. The molecule has 0 saturated carbocycles. The van der Waals surface area contributed by atoms with Crippen LogP contribution >= 0.6 is 0 Å². The maximum absolute atomic E-state index is 12.3. The molecule has 7 heteroatoms. The summed E-state index contributed by atoms with van der Waals surface area (Å²) in [6.07, 6.45) is -1.15. The molecule has 0 fully saturated rings. The van der Waals surface area contributed by atoms with Crippen LogP contribution in [0.25, 0.3) is 0 Å². The number of methoxy groups -OCH3 is 1. The summed E-state index contributed by atoms with van der Waals surface area (Å²) in [6.45, 7) is 3.48. The molecule has 0 aliphatic carbocycles. The van der Waals surface area contributed by atoms with Crippen LogP contribution in [-0.4, -0.2) is 31.1 Å². The van der Waals surface area contributed by atoms with E-state index in [1.807, 2.05) is 37.3 Å². The third-order valence-electron chi connectivity index (χ3n) is 3.76. The summed E-state index contributed by atoms with van der Waals surface area (Å²) >= 11 is 0. The monoisotopic (exact) mass is 370 g/mol. The zero-order valence-electron chi connectivity index (χ0n) is 15.4. The maximum Gasteiger partial charge on any atom is 0.342 e. The topological polar surface area (TPSA) is 93.7 Å². The number of carbonyl (C=O) groups is 3. The fourth-order valence-electron chi connectivity index (χ4n) is 2.29. The minimum atomic E-state index is -1.15. The molecule has 142 valence electrons. The van der Waals surface area contributed by atoms with E-state index in [0.717, 1.165) is 11.1 Å². The van der Waals surface area contributed by atoms with E-state index in [4.69, 9.17) is 9.47 Å². The Morgan fingerprint density at radius 2 is 1.78 bits per heavy atom. The molecule has 2 N–H and O–H groups in total. The van der Waals surface area contributed by atoms with E-state index in [2.05, 4.69) is 10.6 Å². The van der Waals surface area contributed by atoms with Crippen LogP contribution in [0.3, 0.4) is 0 Å². The molecule has 0 aliphatic heterocycles. The quantitative estimate of drug-likeness (QED) is 0.762. The Balaban J connectivity index is 1.88. The van der Waals surface area contributed by atoms with Gasteiger partial charge < -0.3 is 14.8 Å². The van der Waals surface area contributed by atoms with Crippen molar-refractivity contribution >= 4 is 17.9 Å². The van der Waals surface area contributed by atoms with Gasteiger partial charge in [-0.1, -0.05) is 42.0 Å². The second kappa shape index (κ2) is 9.38. The third kappa shape index (κ3) is 5.85. The number of imide groups is 1. The number of benzene rings is 2. The molecule has 0 radical (unpaired) electrons. The van der Waals surface area contributed by atoms with Crippen molar-refractivity contribution in [1.82, 2.24) is 10.6 Å². The van der Waals surface area contributed by atoms with E-state index in [1.165, 1.54) is 14.0 Å². The Labute approximate surface area is 157 Å². The number of ether oxygens (including phenoxy) is 2. The van der Waals surface area contributed by atoms with Crippen molar-refractivity contribution in [3.63, 3.8) is 0 Å². The van der Waals surface area contributed by atoms with E-state index >= 15 is 0 Å². The van der Waals surface area contributed by atoms with Crippen LogP contribution in [0.15, 0.2) is 48.5 Å². The molecule has 0 aromatic heterocycles. The van der Waals surface area contributed by atoms with Gasteiger partial charge in [0.1, 0.15) is 11.3 Å². The second-order valence-electron chi connectivity index (χ2n) is 5.91. The second-order valence-corrected chi connectivity index (χ2v) is 5.91. The Morgan fingerprint density at radius 1 is 1.07 bits per heavy atom. The molecule has 3 amide bonds. The van der Waals surface area contributed by atoms with E-state index in [1.54, 1.807) is 18.2 Å². The highest BCUT2D eigenvalue weighted by atomic mass is 16.5. The number of rotatable bonds is 6. The smallest absolute Gasteiger partial charge is 0.342 e. The molecular formula is C20H22N2O5. The lowest BCUT2D eigenvalue weighted by Crippen LogP contribution is -2.44. The van der Waals surface area contributed by atoms with Gasteiger partial charge in [0.15, 0.2) is 6.10 Å². The van der Waals surface area contributed by atoms with Gasteiger partial charge in [-0.05, 0) is 31.5 Å². The third-order valence-corrected chi connectivity index (χ3v) is 3.76. The molecule has 2 rings (SSSR count). The standard InChI is InChI=1S/C20H22N2O5/c1-13-9-10-17(26-3)16(11-13)19(24)27-14(2)18(23)22-20(25)21-12-15-7-5-4-6-8-15/h4-11,14H,12H2,1-3H3,(H2,21,22,23,25)/t14-/m0/s1. The van der Waals surface area contributed by atoms with Crippen molar-refractivity contribution < 1.29 is 23.9 Å². The molecule has 0 spiro atoms. The Morgan fingerprint density at radius 3 is 2.44 bits per heavy atom. The van der Waals surface area contributed by atoms with Crippen LogP contribution in [0.2, 0.25) is 0 Å². The molecule has 0 saturated heterocycles. The first kappa shape index (κ1) is 20.0. The Bertz CT molecular complexity index is 820. The summed E-state index contributed by atoms with van der Waals surface area (Å²) < 4.78 is 10.3. The number of esters is 1. The van der Waals surface area contributed by atoms with Gasteiger partial charge in [0.25, 0.3) is 5.91 Å². The lowest BCUT2D eigenvalue weighted by molar-refractivity contribution is -0.127. The molecule has 2 aromatic carbocycles. The van der Waals surface area contributed by atoms with Crippen molar-refractivity contribution in [1.29, 1.82) is 0 Å². The number of urea groups is 1. The van der Waals surface area contributed by atoms with Crippen LogP contribution in [0.5, 0.6) is 5.75 Å². The molecule has 27 heavy (non-hydrogen) atoms.